The van der Waals surface area contributed by atoms with Gasteiger partial charge in [0.05, 0.1) is 11.3 Å². The number of rotatable bonds is 4. The molecule has 0 bridgehead atoms. The smallest absolute Gasteiger partial charge is 0.414 e. The third-order valence-corrected chi connectivity index (χ3v) is 5.56. The number of carbonyl (C=O) groups excluding carboxylic acids is 2. The van der Waals surface area contributed by atoms with Crippen molar-refractivity contribution in [3.8, 4) is 5.75 Å². The molecule has 180 valence electrons. The van der Waals surface area contributed by atoms with Crippen molar-refractivity contribution in [2.24, 2.45) is 0 Å². The van der Waals surface area contributed by atoms with Gasteiger partial charge in [0.15, 0.2) is 11.6 Å². The van der Waals surface area contributed by atoms with Gasteiger partial charge in [-0.05, 0) is 61.6 Å². The molecule has 0 heterocycles. The van der Waals surface area contributed by atoms with Gasteiger partial charge in [0, 0.05) is 10.6 Å². The molecule has 2 aromatic carbocycles. The van der Waals surface area contributed by atoms with Crippen molar-refractivity contribution in [2.45, 2.75) is 31.3 Å². The molecule has 33 heavy (non-hydrogen) atoms. The molecule has 1 amide bonds. The topological polar surface area (TPSA) is 113 Å². The SMILES string of the molecule is CN(C(=O)OC(C)(C)C)c1ccc(C(=O)Oc2c(F)c(F)c(S(=O)(=O)[O-])c(F)c2F)cc1I. The van der Waals surface area contributed by atoms with Crippen LogP contribution < -0.4 is 9.64 Å². The number of anilines is 1. The van der Waals surface area contributed by atoms with Crippen molar-refractivity contribution in [1.82, 2.24) is 0 Å². The number of esters is 1. The van der Waals surface area contributed by atoms with Gasteiger partial charge in [-0.2, -0.15) is 8.78 Å². The van der Waals surface area contributed by atoms with Crippen LogP contribution in [0.2, 0.25) is 0 Å². The van der Waals surface area contributed by atoms with Crippen LogP contribution in [0.1, 0.15) is 31.1 Å². The fraction of sp³-hybridized carbons (Fsp3) is 0.263. The summed E-state index contributed by atoms with van der Waals surface area (Å²) in [6.45, 7) is 4.98. The maximum atomic E-state index is 14.1. The fourth-order valence-electron chi connectivity index (χ4n) is 2.39. The van der Waals surface area contributed by atoms with E-state index in [-0.39, 0.29) is 5.56 Å². The van der Waals surface area contributed by atoms with Crippen molar-refractivity contribution < 1.29 is 49.6 Å². The number of ether oxygens (including phenoxy) is 2. The van der Waals surface area contributed by atoms with E-state index in [0.29, 0.717) is 9.26 Å². The van der Waals surface area contributed by atoms with Crippen molar-refractivity contribution >= 4 is 50.5 Å². The molecule has 2 rings (SSSR count). The van der Waals surface area contributed by atoms with Crippen LogP contribution >= 0.6 is 22.6 Å². The van der Waals surface area contributed by atoms with Gasteiger partial charge >= 0.3 is 12.1 Å². The van der Waals surface area contributed by atoms with Crippen molar-refractivity contribution in [3.05, 3.63) is 50.6 Å². The lowest BCUT2D eigenvalue weighted by Crippen LogP contribution is -2.34. The van der Waals surface area contributed by atoms with Crippen LogP contribution in [0.3, 0.4) is 0 Å². The molecule has 0 fully saturated rings. The highest BCUT2D eigenvalue weighted by Crippen LogP contribution is 2.33. The van der Waals surface area contributed by atoms with Gasteiger partial charge in [0.25, 0.3) is 0 Å². The second kappa shape index (κ2) is 9.42. The Morgan fingerprint density at radius 1 is 1.03 bits per heavy atom. The molecule has 0 aliphatic heterocycles. The fourth-order valence-corrected chi connectivity index (χ4v) is 3.88. The Morgan fingerprint density at radius 2 is 1.55 bits per heavy atom. The first-order valence-electron chi connectivity index (χ1n) is 8.76. The van der Waals surface area contributed by atoms with Crippen LogP contribution in [0.15, 0.2) is 23.1 Å². The standard InChI is InChI=1S/C19H16F4INO7S/c1-19(2,3)32-18(27)25(4)10-6-5-8(7-9(10)24)17(26)31-15-11(20)13(22)16(33(28,29)30)14(23)12(15)21/h5-7H,1-4H3,(H,28,29,30)/p-1. The van der Waals surface area contributed by atoms with E-state index in [2.05, 4.69) is 4.74 Å². The molecule has 0 atom stereocenters. The zero-order valence-electron chi connectivity index (χ0n) is 17.3. The second-order valence-corrected chi connectivity index (χ2v) is 9.94. The van der Waals surface area contributed by atoms with Crippen molar-refractivity contribution in [1.29, 1.82) is 0 Å². The highest BCUT2D eigenvalue weighted by atomic mass is 127. The second-order valence-electron chi connectivity index (χ2n) is 7.46. The molecule has 0 saturated heterocycles. The van der Waals surface area contributed by atoms with Crippen LogP contribution in [0.5, 0.6) is 5.75 Å². The van der Waals surface area contributed by atoms with E-state index in [1.54, 1.807) is 43.4 Å². The van der Waals surface area contributed by atoms with Gasteiger partial charge in [0.1, 0.15) is 20.6 Å². The molecule has 0 aliphatic rings. The van der Waals surface area contributed by atoms with E-state index in [1.165, 1.54) is 13.1 Å². The average molecular weight is 604 g/mol. The number of amides is 1. The summed E-state index contributed by atoms with van der Waals surface area (Å²) in [6, 6.07) is 3.53. The van der Waals surface area contributed by atoms with Crippen LogP contribution in [0.4, 0.5) is 28.0 Å². The zero-order chi connectivity index (χ0) is 25.5. The predicted molar refractivity (Wildman–Crippen MR) is 113 cm³/mol. The number of carbonyl (C=O) groups is 2. The number of nitrogens with zero attached hydrogens (tertiary/aromatic N) is 1. The summed E-state index contributed by atoms with van der Waals surface area (Å²) in [5.74, 6) is -13.2. The lowest BCUT2D eigenvalue weighted by atomic mass is 10.2. The lowest BCUT2D eigenvalue weighted by Gasteiger charge is -2.25. The summed E-state index contributed by atoms with van der Waals surface area (Å²) in [6.07, 6.45) is -0.709. The summed E-state index contributed by atoms with van der Waals surface area (Å²) in [5, 5.41) is 0. The van der Waals surface area contributed by atoms with E-state index in [9.17, 15) is 40.1 Å². The Bertz CT molecular complexity index is 1220. The highest BCUT2D eigenvalue weighted by Gasteiger charge is 2.31. The molecule has 8 nitrogen and oxygen atoms in total. The molecular weight excluding hydrogens is 589 g/mol. The predicted octanol–water partition coefficient (Wildman–Crippen LogP) is 4.34. The van der Waals surface area contributed by atoms with Gasteiger partial charge in [-0.15, -0.1) is 0 Å². The summed E-state index contributed by atoms with van der Waals surface area (Å²) < 4.78 is 98.3. The summed E-state index contributed by atoms with van der Waals surface area (Å²) in [4.78, 5) is 23.2. The Labute approximate surface area is 199 Å². The summed E-state index contributed by atoms with van der Waals surface area (Å²) in [5.41, 5.74) is -0.818. The first kappa shape index (κ1) is 26.8. The third-order valence-electron chi connectivity index (χ3n) is 3.84. The molecule has 0 unspecified atom stereocenters. The Kier molecular flexibility index (Phi) is 7.65. The molecular formula is C19H15F4INO7S-. The van der Waals surface area contributed by atoms with Crippen molar-refractivity contribution in [2.75, 3.05) is 11.9 Å². The summed E-state index contributed by atoms with van der Waals surface area (Å²) in [7, 11) is -4.51. The molecule has 2 aromatic rings. The molecule has 0 N–H and O–H groups in total. The molecule has 14 heteroatoms. The van der Waals surface area contributed by atoms with Crippen molar-refractivity contribution in [3.63, 3.8) is 0 Å². The monoisotopic (exact) mass is 604 g/mol. The maximum absolute atomic E-state index is 14.1. The first-order chi connectivity index (χ1) is 15.0. The third kappa shape index (κ3) is 5.92. The molecule has 0 aromatic heterocycles. The van der Waals surface area contributed by atoms with E-state index in [1.807, 2.05) is 0 Å². The van der Waals surface area contributed by atoms with Gasteiger partial charge in [-0.3, -0.25) is 4.90 Å². The number of hydrogen-bond acceptors (Lipinski definition) is 7. The van der Waals surface area contributed by atoms with Gasteiger partial charge in [-0.25, -0.2) is 26.8 Å². The minimum absolute atomic E-state index is 0.292. The summed E-state index contributed by atoms with van der Waals surface area (Å²) >= 11 is 1.75. The zero-order valence-corrected chi connectivity index (χ0v) is 20.3. The maximum Gasteiger partial charge on any atom is 0.414 e. The Hall–Kier alpha value is -2.46. The molecule has 0 spiro atoms. The van der Waals surface area contributed by atoms with Crippen LogP contribution in [-0.2, 0) is 14.9 Å². The largest absolute Gasteiger partial charge is 0.744 e. The van der Waals surface area contributed by atoms with Gasteiger partial charge < -0.3 is 14.0 Å². The average Bonchev–Trinajstić information content (AvgIpc) is 2.66. The Balaban J connectivity index is 2.38. The minimum atomic E-state index is -5.91. The Morgan fingerprint density at radius 3 is 1.97 bits per heavy atom. The van der Waals surface area contributed by atoms with E-state index >= 15 is 0 Å². The van der Waals surface area contributed by atoms with Gasteiger partial charge in [0.2, 0.25) is 17.4 Å². The van der Waals surface area contributed by atoms with E-state index < -0.39 is 61.7 Å². The molecule has 0 aliphatic carbocycles. The normalized spacial score (nSPS) is 11.8. The van der Waals surface area contributed by atoms with Crippen LogP contribution in [0.25, 0.3) is 0 Å². The highest BCUT2D eigenvalue weighted by molar-refractivity contribution is 14.1. The van der Waals surface area contributed by atoms with Crippen LogP contribution in [0, 0.1) is 26.8 Å². The van der Waals surface area contributed by atoms with E-state index in [4.69, 9.17) is 4.74 Å². The molecule has 0 radical (unpaired) electrons. The first-order valence-corrected chi connectivity index (χ1v) is 11.2. The van der Waals surface area contributed by atoms with E-state index in [0.717, 1.165) is 17.0 Å². The quantitative estimate of drug-likeness (QED) is 0.128. The van der Waals surface area contributed by atoms with Gasteiger partial charge in [-0.1, -0.05) is 0 Å². The van der Waals surface area contributed by atoms with Crippen LogP contribution in [-0.4, -0.2) is 37.7 Å². The number of hydrogen-bond donors (Lipinski definition) is 0. The lowest BCUT2D eigenvalue weighted by molar-refractivity contribution is 0.0588. The number of halogens is 5. The molecule has 0 saturated carbocycles. The minimum Gasteiger partial charge on any atom is -0.744 e. The number of benzene rings is 2.